The minimum atomic E-state index is -0.300. The molecule has 0 aliphatic heterocycles. The van der Waals surface area contributed by atoms with Gasteiger partial charge in [0.2, 0.25) is 5.89 Å². The fourth-order valence-electron chi connectivity index (χ4n) is 1.56. The molecule has 0 radical (unpaired) electrons. The summed E-state index contributed by atoms with van der Waals surface area (Å²) in [5.74, 6) is 1.16. The molecule has 0 bridgehead atoms. The lowest BCUT2D eigenvalue weighted by molar-refractivity contribution is 0.346. The van der Waals surface area contributed by atoms with Crippen molar-refractivity contribution in [2.45, 2.75) is 18.9 Å². The number of hydrogen-bond donors (Lipinski definition) is 2. The Morgan fingerprint density at radius 2 is 2.33 bits per heavy atom. The number of hydrogen-bond acceptors (Lipinski definition) is 6. The van der Waals surface area contributed by atoms with Crippen LogP contribution in [0.2, 0.25) is 0 Å². The van der Waals surface area contributed by atoms with Gasteiger partial charge in [0, 0.05) is 31.3 Å². The molecule has 0 fully saturated rings. The van der Waals surface area contributed by atoms with Gasteiger partial charge in [-0.15, -0.1) is 0 Å². The van der Waals surface area contributed by atoms with Crippen LogP contribution >= 0.6 is 0 Å². The number of rotatable bonds is 6. The number of likely N-dealkylation sites (N-methyl/N-ethyl adjacent to an activating group) is 1. The minimum Gasteiger partial charge on any atom is -0.348 e. The Balaban J connectivity index is 1.92. The predicted molar refractivity (Wildman–Crippen MR) is 65.8 cm³/mol. The van der Waals surface area contributed by atoms with Crippen molar-refractivity contribution in [1.82, 2.24) is 25.0 Å². The molecule has 98 valence electrons. The van der Waals surface area contributed by atoms with Crippen LogP contribution in [-0.4, -0.2) is 45.6 Å². The highest BCUT2D eigenvalue weighted by Gasteiger charge is 2.15. The third kappa shape index (κ3) is 3.38. The molecular weight excluding hydrogens is 232 g/mol. The van der Waals surface area contributed by atoms with E-state index in [4.69, 9.17) is 10.3 Å². The zero-order valence-electron chi connectivity index (χ0n) is 10.6. The molecular formula is C11H18N6O. The van der Waals surface area contributed by atoms with E-state index in [9.17, 15) is 0 Å². The average molecular weight is 250 g/mol. The third-order valence-corrected chi connectivity index (χ3v) is 2.58. The van der Waals surface area contributed by atoms with E-state index in [1.165, 1.54) is 0 Å². The van der Waals surface area contributed by atoms with Gasteiger partial charge >= 0.3 is 0 Å². The maximum absolute atomic E-state index is 6.00. The van der Waals surface area contributed by atoms with Gasteiger partial charge < -0.3 is 20.1 Å². The molecule has 18 heavy (non-hydrogen) atoms. The maximum Gasteiger partial charge on any atom is 0.243 e. The van der Waals surface area contributed by atoms with Crippen LogP contribution in [0.1, 0.15) is 23.5 Å². The van der Waals surface area contributed by atoms with E-state index in [-0.39, 0.29) is 6.04 Å². The van der Waals surface area contributed by atoms with Gasteiger partial charge in [0.15, 0.2) is 5.82 Å². The molecule has 2 aromatic rings. The van der Waals surface area contributed by atoms with Crippen molar-refractivity contribution in [2.75, 3.05) is 20.6 Å². The van der Waals surface area contributed by atoms with E-state index in [1.54, 1.807) is 12.5 Å². The SMILES string of the molecule is CN(C)CCc1noc(C(N)Cc2cnc[nH]2)n1. The number of aromatic amines is 1. The van der Waals surface area contributed by atoms with Gasteiger partial charge in [-0.05, 0) is 14.1 Å². The molecule has 2 aromatic heterocycles. The lowest BCUT2D eigenvalue weighted by Gasteiger charge is -2.05. The topological polar surface area (TPSA) is 96.9 Å². The second-order valence-electron chi connectivity index (χ2n) is 4.49. The van der Waals surface area contributed by atoms with Crippen molar-refractivity contribution in [3.05, 3.63) is 29.9 Å². The summed E-state index contributed by atoms with van der Waals surface area (Å²) in [6, 6.07) is -0.300. The van der Waals surface area contributed by atoms with Crippen LogP contribution in [0.15, 0.2) is 17.0 Å². The molecule has 0 aromatic carbocycles. The summed E-state index contributed by atoms with van der Waals surface area (Å²) in [5, 5.41) is 3.92. The zero-order chi connectivity index (χ0) is 13.0. The highest BCUT2D eigenvalue weighted by atomic mass is 16.5. The van der Waals surface area contributed by atoms with Crippen molar-refractivity contribution in [3.63, 3.8) is 0 Å². The third-order valence-electron chi connectivity index (χ3n) is 2.58. The van der Waals surface area contributed by atoms with Crippen LogP contribution in [0.3, 0.4) is 0 Å². The lowest BCUT2D eigenvalue weighted by atomic mass is 10.2. The first kappa shape index (κ1) is 12.7. The summed E-state index contributed by atoms with van der Waals surface area (Å²) < 4.78 is 5.17. The van der Waals surface area contributed by atoms with Crippen molar-refractivity contribution in [1.29, 1.82) is 0 Å². The Hall–Kier alpha value is -1.73. The summed E-state index contributed by atoms with van der Waals surface area (Å²) in [4.78, 5) is 13.3. The minimum absolute atomic E-state index is 0.300. The van der Waals surface area contributed by atoms with Gasteiger partial charge in [-0.1, -0.05) is 5.16 Å². The highest BCUT2D eigenvalue weighted by Crippen LogP contribution is 2.12. The number of nitrogens with zero attached hydrogens (tertiary/aromatic N) is 4. The highest BCUT2D eigenvalue weighted by molar-refractivity contribution is 5.02. The van der Waals surface area contributed by atoms with Crippen LogP contribution in [-0.2, 0) is 12.8 Å². The maximum atomic E-state index is 6.00. The molecule has 1 unspecified atom stereocenters. The van der Waals surface area contributed by atoms with E-state index in [1.807, 2.05) is 14.1 Å². The summed E-state index contributed by atoms with van der Waals surface area (Å²) in [7, 11) is 4.01. The second-order valence-corrected chi connectivity index (χ2v) is 4.49. The predicted octanol–water partition coefficient (Wildman–Crippen LogP) is 0.139. The molecule has 2 heterocycles. The molecule has 0 spiro atoms. The summed E-state index contributed by atoms with van der Waals surface area (Å²) in [6.45, 7) is 0.884. The number of nitrogens with one attached hydrogen (secondary N) is 1. The molecule has 0 saturated heterocycles. The van der Waals surface area contributed by atoms with Crippen molar-refractivity contribution in [3.8, 4) is 0 Å². The van der Waals surface area contributed by atoms with Gasteiger partial charge in [0.05, 0.1) is 12.4 Å². The number of imidazole rings is 1. The first-order valence-electron chi connectivity index (χ1n) is 5.85. The van der Waals surface area contributed by atoms with Gasteiger partial charge in [-0.3, -0.25) is 0 Å². The van der Waals surface area contributed by atoms with Gasteiger partial charge in [0.1, 0.15) is 0 Å². The van der Waals surface area contributed by atoms with E-state index in [0.29, 0.717) is 18.1 Å². The monoisotopic (exact) mass is 250 g/mol. The fourth-order valence-corrected chi connectivity index (χ4v) is 1.56. The molecule has 2 rings (SSSR count). The first-order valence-corrected chi connectivity index (χ1v) is 5.85. The number of aromatic nitrogens is 4. The quantitative estimate of drug-likeness (QED) is 0.757. The number of H-pyrrole nitrogens is 1. The molecule has 0 aliphatic rings. The van der Waals surface area contributed by atoms with E-state index in [0.717, 1.165) is 18.7 Å². The Morgan fingerprint density at radius 3 is 3.00 bits per heavy atom. The van der Waals surface area contributed by atoms with E-state index < -0.39 is 0 Å². The molecule has 3 N–H and O–H groups in total. The lowest BCUT2D eigenvalue weighted by Crippen LogP contribution is -2.16. The molecule has 0 amide bonds. The van der Waals surface area contributed by atoms with Gasteiger partial charge in [0.25, 0.3) is 0 Å². The van der Waals surface area contributed by atoms with Crippen LogP contribution in [0.5, 0.6) is 0 Å². The van der Waals surface area contributed by atoms with Crippen LogP contribution < -0.4 is 5.73 Å². The molecule has 1 atom stereocenters. The van der Waals surface area contributed by atoms with Crippen LogP contribution in [0.4, 0.5) is 0 Å². The summed E-state index contributed by atoms with van der Waals surface area (Å²) in [5.41, 5.74) is 6.96. The standard InChI is InChI=1S/C11H18N6O/c1-17(2)4-3-10-15-11(18-16-10)9(12)5-8-6-13-7-14-8/h6-7,9H,3-5,12H2,1-2H3,(H,13,14). The normalized spacial score (nSPS) is 13.1. The van der Waals surface area contributed by atoms with Crippen molar-refractivity contribution >= 4 is 0 Å². The van der Waals surface area contributed by atoms with Crippen molar-refractivity contribution in [2.24, 2.45) is 5.73 Å². The molecule has 0 aliphatic carbocycles. The Kier molecular flexibility index (Phi) is 4.06. The number of nitrogens with two attached hydrogens (primary N) is 1. The zero-order valence-corrected chi connectivity index (χ0v) is 10.6. The average Bonchev–Trinajstić information content (AvgIpc) is 2.96. The van der Waals surface area contributed by atoms with Gasteiger partial charge in [-0.2, -0.15) is 4.98 Å². The van der Waals surface area contributed by atoms with Gasteiger partial charge in [-0.25, -0.2) is 4.98 Å². The smallest absolute Gasteiger partial charge is 0.243 e. The molecule has 7 nitrogen and oxygen atoms in total. The second kappa shape index (κ2) is 5.74. The van der Waals surface area contributed by atoms with Crippen molar-refractivity contribution < 1.29 is 4.52 Å². The van der Waals surface area contributed by atoms with E-state index in [2.05, 4.69) is 25.0 Å². The van der Waals surface area contributed by atoms with E-state index >= 15 is 0 Å². The largest absolute Gasteiger partial charge is 0.348 e. The van der Waals surface area contributed by atoms with Crippen LogP contribution in [0, 0.1) is 0 Å². The molecule has 0 saturated carbocycles. The molecule has 7 heteroatoms. The summed E-state index contributed by atoms with van der Waals surface area (Å²) >= 11 is 0. The Labute approximate surface area is 105 Å². The summed E-state index contributed by atoms with van der Waals surface area (Å²) in [6.07, 6.45) is 4.73. The fraction of sp³-hybridized carbons (Fsp3) is 0.545. The Morgan fingerprint density at radius 1 is 1.50 bits per heavy atom. The first-order chi connectivity index (χ1) is 8.65. The van der Waals surface area contributed by atoms with Crippen LogP contribution in [0.25, 0.3) is 0 Å². The Bertz CT molecular complexity index is 464.